The lowest BCUT2D eigenvalue weighted by Gasteiger charge is -2.06. The molecule has 5 heteroatoms. The summed E-state index contributed by atoms with van der Waals surface area (Å²) in [7, 11) is 0. The maximum atomic E-state index is 11.7. The molecule has 22 heavy (non-hydrogen) atoms. The molecule has 1 amide bonds. The Bertz CT molecular complexity index is 681. The fraction of sp³-hybridized carbons (Fsp3) is 0.176. The quantitative estimate of drug-likeness (QED) is 0.653. The van der Waals surface area contributed by atoms with E-state index >= 15 is 0 Å². The third-order valence-corrected chi connectivity index (χ3v) is 3.50. The minimum Gasteiger partial charge on any atom is -0.484 e. The van der Waals surface area contributed by atoms with Gasteiger partial charge in [0.15, 0.2) is 6.61 Å². The number of rotatable bonds is 5. The largest absolute Gasteiger partial charge is 0.484 e. The zero-order chi connectivity index (χ0) is 15.9. The van der Waals surface area contributed by atoms with E-state index in [1.54, 1.807) is 0 Å². The van der Waals surface area contributed by atoms with Crippen LogP contribution < -0.4 is 10.2 Å². The molecule has 0 aromatic heterocycles. The summed E-state index contributed by atoms with van der Waals surface area (Å²) in [5.41, 5.74) is 5.26. The summed E-state index contributed by atoms with van der Waals surface area (Å²) in [6.45, 7) is 3.74. The first-order valence-corrected chi connectivity index (χ1v) is 7.62. The fourth-order valence-electron chi connectivity index (χ4n) is 1.79. The summed E-state index contributed by atoms with van der Waals surface area (Å²) in [5, 5.41) is 4.08. The molecule has 1 N–H and O–H groups in total. The predicted molar refractivity (Wildman–Crippen MR) is 91.2 cm³/mol. The van der Waals surface area contributed by atoms with Gasteiger partial charge in [0.2, 0.25) is 0 Å². The van der Waals surface area contributed by atoms with Gasteiger partial charge < -0.3 is 4.74 Å². The average molecular weight is 361 g/mol. The summed E-state index contributed by atoms with van der Waals surface area (Å²) in [6, 6.07) is 15.3. The average Bonchev–Trinajstić information content (AvgIpc) is 2.51. The summed E-state index contributed by atoms with van der Waals surface area (Å²) in [5.74, 6) is 0.377. The molecule has 0 unspecified atom stereocenters. The number of nitrogens with zero attached hydrogens (tertiary/aromatic N) is 1. The van der Waals surface area contributed by atoms with Crippen molar-refractivity contribution in [1.82, 2.24) is 5.43 Å². The number of halogens is 1. The molecule has 0 aliphatic rings. The SMILES string of the molecule is C/C(=N\NC(=O)COc1cccc(C)c1)c1ccc(Br)cc1. The van der Waals surface area contributed by atoms with E-state index in [0.29, 0.717) is 5.75 Å². The van der Waals surface area contributed by atoms with Crippen molar-refractivity contribution >= 4 is 27.5 Å². The van der Waals surface area contributed by atoms with Gasteiger partial charge in [0.1, 0.15) is 5.75 Å². The van der Waals surface area contributed by atoms with Crippen LogP contribution >= 0.6 is 15.9 Å². The Labute approximate surface area is 138 Å². The molecule has 0 saturated carbocycles. The van der Waals surface area contributed by atoms with Crippen LogP contribution in [0.15, 0.2) is 58.1 Å². The molecule has 4 nitrogen and oxygen atoms in total. The van der Waals surface area contributed by atoms with Crippen LogP contribution in [0.5, 0.6) is 5.75 Å². The minimum atomic E-state index is -0.294. The number of carbonyl (C=O) groups excluding carboxylic acids is 1. The molecule has 0 spiro atoms. The zero-order valence-electron chi connectivity index (χ0n) is 12.5. The molecule has 2 aromatic rings. The number of hydrazone groups is 1. The van der Waals surface area contributed by atoms with E-state index in [9.17, 15) is 4.79 Å². The third-order valence-electron chi connectivity index (χ3n) is 2.97. The van der Waals surface area contributed by atoms with Crippen LogP contribution in [0.1, 0.15) is 18.1 Å². The maximum Gasteiger partial charge on any atom is 0.277 e. The second-order valence-corrected chi connectivity index (χ2v) is 5.76. The Hall–Kier alpha value is -2.14. The molecule has 0 aliphatic heterocycles. The molecule has 0 atom stereocenters. The molecule has 0 fully saturated rings. The van der Waals surface area contributed by atoms with Crippen LogP contribution in [0.2, 0.25) is 0 Å². The first-order valence-electron chi connectivity index (χ1n) is 6.83. The van der Waals surface area contributed by atoms with Gasteiger partial charge in [-0.05, 0) is 49.2 Å². The standard InChI is InChI=1S/C17H17BrN2O2/c1-12-4-3-5-16(10-12)22-11-17(21)20-19-13(2)14-6-8-15(18)9-7-14/h3-10H,11H2,1-2H3,(H,20,21)/b19-13+. The van der Waals surface area contributed by atoms with Crippen molar-refractivity contribution in [2.24, 2.45) is 5.10 Å². The normalized spacial score (nSPS) is 11.1. The number of benzene rings is 2. The van der Waals surface area contributed by atoms with Crippen LogP contribution in [-0.4, -0.2) is 18.2 Å². The topological polar surface area (TPSA) is 50.7 Å². The molecular weight excluding hydrogens is 344 g/mol. The van der Waals surface area contributed by atoms with E-state index in [1.807, 2.05) is 62.4 Å². The Kier molecular flexibility index (Phi) is 5.72. The molecule has 0 heterocycles. The summed E-state index contributed by atoms with van der Waals surface area (Å²) in [4.78, 5) is 11.7. The second-order valence-electron chi connectivity index (χ2n) is 4.84. The Morgan fingerprint density at radius 1 is 1.23 bits per heavy atom. The highest BCUT2D eigenvalue weighted by Gasteiger charge is 2.03. The number of hydrogen-bond acceptors (Lipinski definition) is 3. The molecule has 0 saturated heterocycles. The number of aryl methyl sites for hydroxylation is 1. The van der Waals surface area contributed by atoms with Crippen molar-refractivity contribution in [3.63, 3.8) is 0 Å². The van der Waals surface area contributed by atoms with Gasteiger partial charge in [0.25, 0.3) is 5.91 Å². The summed E-state index contributed by atoms with van der Waals surface area (Å²) in [6.07, 6.45) is 0. The molecule has 2 aromatic carbocycles. The fourth-order valence-corrected chi connectivity index (χ4v) is 2.05. The smallest absolute Gasteiger partial charge is 0.277 e. The van der Waals surface area contributed by atoms with Crippen LogP contribution in [0.3, 0.4) is 0 Å². The highest BCUT2D eigenvalue weighted by Crippen LogP contribution is 2.12. The second kappa shape index (κ2) is 7.75. The molecular formula is C17H17BrN2O2. The van der Waals surface area contributed by atoms with Gasteiger partial charge in [0.05, 0.1) is 5.71 Å². The zero-order valence-corrected chi connectivity index (χ0v) is 14.1. The third kappa shape index (κ3) is 5.00. The van der Waals surface area contributed by atoms with Crippen molar-refractivity contribution in [1.29, 1.82) is 0 Å². The molecule has 2 rings (SSSR count). The van der Waals surface area contributed by atoms with Gasteiger partial charge in [-0.15, -0.1) is 0 Å². The number of amides is 1. The van der Waals surface area contributed by atoms with Gasteiger partial charge in [-0.25, -0.2) is 5.43 Å². The Morgan fingerprint density at radius 2 is 1.95 bits per heavy atom. The van der Waals surface area contributed by atoms with Crippen molar-refractivity contribution in [3.05, 3.63) is 64.1 Å². The van der Waals surface area contributed by atoms with Gasteiger partial charge >= 0.3 is 0 Å². The number of hydrogen-bond donors (Lipinski definition) is 1. The van der Waals surface area contributed by atoms with E-state index in [4.69, 9.17) is 4.74 Å². The van der Waals surface area contributed by atoms with Crippen molar-refractivity contribution < 1.29 is 9.53 Å². The molecule has 0 aliphatic carbocycles. The number of carbonyl (C=O) groups is 1. The Morgan fingerprint density at radius 3 is 2.64 bits per heavy atom. The highest BCUT2D eigenvalue weighted by molar-refractivity contribution is 9.10. The van der Waals surface area contributed by atoms with Gasteiger partial charge in [-0.2, -0.15) is 5.10 Å². The predicted octanol–water partition coefficient (Wildman–Crippen LogP) is 3.68. The number of nitrogens with one attached hydrogen (secondary N) is 1. The summed E-state index contributed by atoms with van der Waals surface area (Å²) < 4.78 is 6.41. The highest BCUT2D eigenvalue weighted by atomic mass is 79.9. The van der Waals surface area contributed by atoms with E-state index in [2.05, 4.69) is 26.5 Å². The first kappa shape index (κ1) is 16.2. The van der Waals surface area contributed by atoms with Crippen LogP contribution in [0.4, 0.5) is 0 Å². The molecule has 114 valence electrons. The summed E-state index contributed by atoms with van der Waals surface area (Å²) >= 11 is 3.38. The van der Waals surface area contributed by atoms with E-state index in [0.717, 1.165) is 21.3 Å². The van der Waals surface area contributed by atoms with Gasteiger partial charge in [0, 0.05) is 4.47 Å². The molecule has 0 bridgehead atoms. The lowest BCUT2D eigenvalue weighted by atomic mass is 10.1. The van der Waals surface area contributed by atoms with Crippen molar-refractivity contribution in [3.8, 4) is 5.75 Å². The van der Waals surface area contributed by atoms with Crippen molar-refractivity contribution in [2.75, 3.05) is 6.61 Å². The van der Waals surface area contributed by atoms with Crippen LogP contribution in [-0.2, 0) is 4.79 Å². The lowest BCUT2D eigenvalue weighted by Crippen LogP contribution is -2.25. The monoisotopic (exact) mass is 360 g/mol. The Balaban J connectivity index is 1.86. The lowest BCUT2D eigenvalue weighted by molar-refractivity contribution is -0.123. The minimum absolute atomic E-state index is 0.0689. The maximum absolute atomic E-state index is 11.7. The van der Waals surface area contributed by atoms with Crippen LogP contribution in [0, 0.1) is 6.92 Å². The van der Waals surface area contributed by atoms with E-state index < -0.39 is 0 Å². The van der Waals surface area contributed by atoms with Gasteiger partial charge in [-0.3, -0.25) is 4.79 Å². The van der Waals surface area contributed by atoms with Crippen LogP contribution in [0.25, 0.3) is 0 Å². The van der Waals surface area contributed by atoms with Crippen molar-refractivity contribution in [2.45, 2.75) is 13.8 Å². The van der Waals surface area contributed by atoms with Gasteiger partial charge in [-0.1, -0.05) is 40.2 Å². The van der Waals surface area contributed by atoms with E-state index in [-0.39, 0.29) is 12.5 Å². The molecule has 0 radical (unpaired) electrons. The van der Waals surface area contributed by atoms with E-state index in [1.165, 1.54) is 0 Å². The first-order chi connectivity index (χ1) is 10.5. The number of ether oxygens (including phenoxy) is 1.